The van der Waals surface area contributed by atoms with Crippen molar-refractivity contribution in [2.75, 3.05) is 7.11 Å². The molecule has 0 bridgehead atoms. The molecule has 27 heavy (non-hydrogen) atoms. The fraction of sp³-hybridized carbons (Fsp3) is 0.167. The Hall–Kier alpha value is -3.20. The zero-order valence-electron chi connectivity index (χ0n) is 14.7. The van der Waals surface area contributed by atoms with Gasteiger partial charge in [-0.1, -0.05) is 16.9 Å². The average Bonchev–Trinajstić information content (AvgIpc) is 3.34. The highest BCUT2D eigenvalue weighted by Crippen LogP contribution is 2.26. The molecule has 4 aromatic rings. The van der Waals surface area contributed by atoms with Crippen molar-refractivity contribution in [1.29, 1.82) is 0 Å². The first kappa shape index (κ1) is 17.2. The van der Waals surface area contributed by atoms with Gasteiger partial charge in [0.2, 0.25) is 11.7 Å². The molecule has 0 saturated carbocycles. The maximum absolute atomic E-state index is 5.35. The minimum Gasteiger partial charge on any atom is -0.497 e. The van der Waals surface area contributed by atoms with Crippen molar-refractivity contribution < 1.29 is 9.26 Å². The molecule has 0 aliphatic heterocycles. The summed E-state index contributed by atoms with van der Waals surface area (Å²) in [6.45, 7) is 0. The molecule has 0 amide bonds. The van der Waals surface area contributed by atoms with E-state index in [0.717, 1.165) is 27.9 Å². The van der Waals surface area contributed by atoms with E-state index in [2.05, 4.69) is 25.3 Å². The van der Waals surface area contributed by atoms with Gasteiger partial charge in [0.25, 0.3) is 0 Å². The van der Waals surface area contributed by atoms with Crippen LogP contribution in [-0.4, -0.2) is 37.0 Å². The summed E-state index contributed by atoms with van der Waals surface area (Å²) in [5, 5.41) is 13.3. The van der Waals surface area contributed by atoms with Crippen LogP contribution in [0.5, 0.6) is 5.75 Å². The first-order valence-electron chi connectivity index (χ1n) is 8.14. The van der Waals surface area contributed by atoms with Crippen LogP contribution in [0.2, 0.25) is 0 Å². The van der Waals surface area contributed by atoms with Crippen LogP contribution in [0.1, 0.15) is 5.89 Å². The van der Waals surface area contributed by atoms with Gasteiger partial charge in [0.15, 0.2) is 11.0 Å². The van der Waals surface area contributed by atoms with Crippen molar-refractivity contribution >= 4 is 11.8 Å². The second kappa shape index (κ2) is 7.58. The number of pyridine rings is 1. The predicted octanol–water partition coefficient (Wildman–Crippen LogP) is 3.23. The molecule has 8 nitrogen and oxygen atoms in total. The fourth-order valence-electron chi connectivity index (χ4n) is 2.49. The highest BCUT2D eigenvalue weighted by atomic mass is 32.2. The highest BCUT2D eigenvalue weighted by Gasteiger charge is 2.14. The van der Waals surface area contributed by atoms with Gasteiger partial charge < -0.3 is 13.8 Å². The zero-order chi connectivity index (χ0) is 18.6. The molecule has 0 N–H and O–H groups in total. The molecule has 0 unspecified atom stereocenters. The van der Waals surface area contributed by atoms with Crippen LogP contribution in [0.25, 0.3) is 22.8 Å². The maximum Gasteiger partial charge on any atom is 0.237 e. The van der Waals surface area contributed by atoms with Gasteiger partial charge >= 0.3 is 0 Å². The van der Waals surface area contributed by atoms with Crippen LogP contribution in [0.15, 0.2) is 58.5 Å². The quantitative estimate of drug-likeness (QED) is 0.471. The largest absolute Gasteiger partial charge is 0.497 e. The third-order valence-electron chi connectivity index (χ3n) is 3.91. The van der Waals surface area contributed by atoms with Crippen LogP contribution in [0.4, 0.5) is 0 Å². The maximum atomic E-state index is 5.35. The van der Waals surface area contributed by atoms with Gasteiger partial charge in [0, 0.05) is 30.6 Å². The van der Waals surface area contributed by atoms with Crippen molar-refractivity contribution in [1.82, 2.24) is 29.9 Å². The van der Waals surface area contributed by atoms with Gasteiger partial charge in [-0.2, -0.15) is 4.98 Å². The lowest BCUT2D eigenvalue weighted by atomic mass is 10.2. The topological polar surface area (TPSA) is 91.8 Å². The molecule has 0 saturated heterocycles. The number of benzene rings is 1. The zero-order valence-corrected chi connectivity index (χ0v) is 15.6. The molecule has 9 heteroatoms. The lowest BCUT2D eigenvalue weighted by Crippen LogP contribution is -1.95. The summed E-state index contributed by atoms with van der Waals surface area (Å²) in [5.74, 6) is 3.14. The summed E-state index contributed by atoms with van der Waals surface area (Å²) >= 11 is 1.49. The number of hydrogen-bond donors (Lipinski definition) is 0. The Morgan fingerprint density at radius 2 is 1.81 bits per heavy atom. The number of aromatic nitrogens is 6. The van der Waals surface area contributed by atoms with E-state index >= 15 is 0 Å². The van der Waals surface area contributed by atoms with E-state index in [0.29, 0.717) is 17.5 Å². The van der Waals surface area contributed by atoms with Crippen molar-refractivity contribution in [2.24, 2.45) is 7.05 Å². The number of rotatable bonds is 6. The van der Waals surface area contributed by atoms with Crippen LogP contribution >= 0.6 is 11.8 Å². The third-order valence-corrected chi connectivity index (χ3v) is 4.92. The van der Waals surface area contributed by atoms with E-state index in [1.165, 1.54) is 11.8 Å². The minimum atomic E-state index is 0.505. The van der Waals surface area contributed by atoms with Gasteiger partial charge in [-0.15, -0.1) is 10.2 Å². The van der Waals surface area contributed by atoms with Crippen LogP contribution in [-0.2, 0) is 12.8 Å². The van der Waals surface area contributed by atoms with Gasteiger partial charge in [-0.25, -0.2) is 0 Å². The normalized spacial score (nSPS) is 10.9. The summed E-state index contributed by atoms with van der Waals surface area (Å²) in [5.41, 5.74) is 1.83. The molecule has 0 fully saturated rings. The van der Waals surface area contributed by atoms with Crippen molar-refractivity contribution in [2.45, 2.75) is 10.9 Å². The van der Waals surface area contributed by atoms with Gasteiger partial charge in [-0.05, 0) is 36.4 Å². The molecular formula is C18H16N6O2S. The minimum absolute atomic E-state index is 0.505. The van der Waals surface area contributed by atoms with Gasteiger partial charge in [0.05, 0.1) is 12.9 Å². The van der Waals surface area contributed by atoms with Crippen molar-refractivity contribution in [3.8, 4) is 28.5 Å². The SMILES string of the molecule is COc1ccc(-c2noc(CSc3nnc(-c4ccncc4)n3C)n2)cc1. The molecule has 3 heterocycles. The van der Waals surface area contributed by atoms with E-state index in [4.69, 9.17) is 9.26 Å². The summed E-state index contributed by atoms with van der Waals surface area (Å²) in [7, 11) is 3.56. The van der Waals surface area contributed by atoms with Gasteiger partial charge in [-0.3, -0.25) is 4.98 Å². The predicted molar refractivity (Wildman–Crippen MR) is 100 cm³/mol. The Labute approximate surface area is 159 Å². The Morgan fingerprint density at radius 3 is 2.56 bits per heavy atom. The second-order valence-electron chi connectivity index (χ2n) is 5.63. The average molecular weight is 380 g/mol. The Bertz CT molecular complexity index is 1030. The second-order valence-corrected chi connectivity index (χ2v) is 6.57. The standard InChI is InChI=1S/C18H16N6O2S/c1-24-17(13-7-9-19-10-8-13)21-22-18(24)27-11-15-20-16(23-26-15)12-3-5-14(25-2)6-4-12/h3-10H,11H2,1-2H3. The molecule has 0 spiro atoms. The summed E-state index contributed by atoms with van der Waals surface area (Å²) in [4.78, 5) is 8.46. The smallest absolute Gasteiger partial charge is 0.237 e. The van der Waals surface area contributed by atoms with E-state index in [9.17, 15) is 0 Å². The number of ether oxygens (including phenoxy) is 1. The first-order valence-corrected chi connectivity index (χ1v) is 9.13. The molecule has 0 atom stereocenters. The molecule has 4 rings (SSSR count). The number of methoxy groups -OCH3 is 1. The van der Waals surface area contributed by atoms with Gasteiger partial charge in [0.1, 0.15) is 5.75 Å². The molecular weight excluding hydrogens is 364 g/mol. The third kappa shape index (κ3) is 3.68. The number of hydrogen-bond acceptors (Lipinski definition) is 8. The van der Waals surface area contributed by atoms with Crippen LogP contribution < -0.4 is 4.74 Å². The molecule has 0 radical (unpaired) electrons. The highest BCUT2D eigenvalue weighted by molar-refractivity contribution is 7.98. The van der Waals surface area contributed by atoms with Crippen LogP contribution in [0, 0.1) is 0 Å². The van der Waals surface area contributed by atoms with E-state index in [1.54, 1.807) is 19.5 Å². The molecule has 0 aliphatic rings. The van der Waals surface area contributed by atoms with Crippen LogP contribution in [0.3, 0.4) is 0 Å². The first-order chi connectivity index (χ1) is 13.2. The van der Waals surface area contributed by atoms with Crippen molar-refractivity contribution in [3.05, 3.63) is 54.7 Å². The molecule has 3 aromatic heterocycles. The number of nitrogens with zero attached hydrogens (tertiary/aromatic N) is 6. The fourth-order valence-corrected chi connectivity index (χ4v) is 3.24. The monoisotopic (exact) mass is 380 g/mol. The van der Waals surface area contributed by atoms with E-state index in [1.807, 2.05) is 48.0 Å². The Morgan fingerprint density at radius 1 is 1.04 bits per heavy atom. The summed E-state index contributed by atoms with van der Waals surface area (Å²) < 4.78 is 12.4. The molecule has 1 aromatic carbocycles. The van der Waals surface area contributed by atoms with Crippen molar-refractivity contribution in [3.63, 3.8) is 0 Å². The summed E-state index contributed by atoms with van der Waals surface area (Å²) in [6.07, 6.45) is 3.46. The lowest BCUT2D eigenvalue weighted by Gasteiger charge is -2.02. The molecule has 136 valence electrons. The number of thioether (sulfide) groups is 1. The lowest BCUT2D eigenvalue weighted by molar-refractivity contribution is 0.391. The Balaban J connectivity index is 1.45. The summed E-state index contributed by atoms with van der Waals surface area (Å²) in [6, 6.07) is 11.3. The van der Waals surface area contributed by atoms with E-state index in [-0.39, 0.29) is 0 Å². The molecule has 0 aliphatic carbocycles. The van der Waals surface area contributed by atoms with E-state index < -0.39 is 0 Å². The Kier molecular flexibility index (Phi) is 4.84.